The van der Waals surface area contributed by atoms with Crippen LogP contribution in [0.4, 0.5) is 6.01 Å². The number of nitrogen functional groups attached to an aromatic ring is 1. The summed E-state index contributed by atoms with van der Waals surface area (Å²) in [7, 11) is 0. The Hall–Kier alpha value is -1.36. The van der Waals surface area contributed by atoms with Gasteiger partial charge in [-0.1, -0.05) is 33.2 Å². The highest BCUT2D eigenvalue weighted by Crippen LogP contribution is 2.20. The van der Waals surface area contributed by atoms with Crippen LogP contribution in [0.1, 0.15) is 0 Å². The molecular formula is C8H6BrN3O. The third kappa shape index (κ3) is 1.70. The molecule has 0 radical (unpaired) electrons. The van der Waals surface area contributed by atoms with E-state index < -0.39 is 0 Å². The molecule has 0 aliphatic heterocycles. The topological polar surface area (TPSA) is 64.9 Å². The summed E-state index contributed by atoms with van der Waals surface area (Å²) in [6, 6.07) is 7.67. The molecule has 0 saturated heterocycles. The molecule has 1 aromatic carbocycles. The van der Waals surface area contributed by atoms with Crippen molar-refractivity contribution in [2.24, 2.45) is 0 Å². The van der Waals surface area contributed by atoms with Crippen molar-refractivity contribution < 1.29 is 4.52 Å². The van der Waals surface area contributed by atoms with E-state index in [4.69, 9.17) is 5.73 Å². The standard InChI is InChI=1S/C8H6BrN3O/c9-6-3-1-2-5(4-6)7-11-8(10)13-12-7/h1-4H,(H2,10,11,12). The maximum Gasteiger partial charge on any atom is 0.319 e. The van der Waals surface area contributed by atoms with Crippen molar-refractivity contribution in [2.75, 3.05) is 5.73 Å². The second-order valence-corrected chi connectivity index (χ2v) is 3.38. The molecule has 0 spiro atoms. The summed E-state index contributed by atoms with van der Waals surface area (Å²) in [5.41, 5.74) is 6.17. The van der Waals surface area contributed by atoms with Crippen LogP contribution in [-0.2, 0) is 0 Å². The van der Waals surface area contributed by atoms with Crippen molar-refractivity contribution in [1.29, 1.82) is 0 Å². The summed E-state index contributed by atoms with van der Waals surface area (Å²) in [5, 5.41) is 3.70. The van der Waals surface area contributed by atoms with Crippen molar-refractivity contribution in [2.45, 2.75) is 0 Å². The molecule has 1 aromatic heterocycles. The Labute approximate surface area is 82.9 Å². The van der Waals surface area contributed by atoms with Gasteiger partial charge in [-0.25, -0.2) is 0 Å². The fraction of sp³-hybridized carbons (Fsp3) is 0. The number of benzene rings is 1. The Morgan fingerprint density at radius 3 is 2.85 bits per heavy atom. The third-order valence-electron chi connectivity index (χ3n) is 1.52. The van der Waals surface area contributed by atoms with Crippen LogP contribution in [0.3, 0.4) is 0 Å². The number of anilines is 1. The third-order valence-corrected chi connectivity index (χ3v) is 2.02. The molecule has 2 aromatic rings. The zero-order valence-electron chi connectivity index (χ0n) is 6.57. The highest BCUT2D eigenvalue weighted by atomic mass is 79.9. The molecule has 0 fully saturated rings. The lowest BCUT2D eigenvalue weighted by atomic mass is 10.2. The van der Waals surface area contributed by atoms with Gasteiger partial charge in [-0.2, -0.15) is 4.98 Å². The molecule has 0 aliphatic carbocycles. The van der Waals surface area contributed by atoms with E-state index in [0.717, 1.165) is 10.0 Å². The molecule has 2 rings (SSSR count). The van der Waals surface area contributed by atoms with E-state index in [0.29, 0.717) is 5.82 Å². The summed E-state index contributed by atoms with van der Waals surface area (Å²) >= 11 is 3.35. The Bertz CT molecular complexity index is 427. The van der Waals surface area contributed by atoms with Crippen LogP contribution < -0.4 is 5.73 Å². The van der Waals surface area contributed by atoms with Crippen LogP contribution in [0.15, 0.2) is 33.3 Å². The fourth-order valence-electron chi connectivity index (χ4n) is 0.980. The molecule has 2 N–H and O–H groups in total. The summed E-state index contributed by atoms with van der Waals surface area (Å²) in [5.74, 6) is 0.499. The number of hydrogen-bond donors (Lipinski definition) is 1. The molecule has 0 atom stereocenters. The normalized spacial score (nSPS) is 10.2. The minimum Gasteiger partial charge on any atom is -0.351 e. The van der Waals surface area contributed by atoms with E-state index in [2.05, 4.69) is 30.6 Å². The van der Waals surface area contributed by atoms with Gasteiger partial charge >= 0.3 is 6.01 Å². The van der Waals surface area contributed by atoms with Gasteiger partial charge in [0.15, 0.2) is 0 Å². The van der Waals surface area contributed by atoms with Crippen LogP contribution in [0, 0.1) is 0 Å². The zero-order chi connectivity index (χ0) is 9.26. The molecule has 4 nitrogen and oxygen atoms in total. The van der Waals surface area contributed by atoms with Crippen LogP contribution in [0.5, 0.6) is 0 Å². The van der Waals surface area contributed by atoms with Gasteiger partial charge in [0.05, 0.1) is 0 Å². The molecule has 0 saturated carbocycles. The smallest absolute Gasteiger partial charge is 0.319 e. The monoisotopic (exact) mass is 239 g/mol. The molecule has 0 unspecified atom stereocenters. The quantitative estimate of drug-likeness (QED) is 0.828. The van der Waals surface area contributed by atoms with Crippen LogP contribution in [0.2, 0.25) is 0 Å². The molecule has 5 heteroatoms. The van der Waals surface area contributed by atoms with Gasteiger partial charge < -0.3 is 10.3 Å². The van der Waals surface area contributed by atoms with Crippen LogP contribution in [0.25, 0.3) is 11.4 Å². The minimum absolute atomic E-state index is 0.0787. The van der Waals surface area contributed by atoms with Crippen LogP contribution >= 0.6 is 15.9 Å². The number of nitrogens with two attached hydrogens (primary N) is 1. The largest absolute Gasteiger partial charge is 0.351 e. The second-order valence-electron chi connectivity index (χ2n) is 2.47. The summed E-state index contributed by atoms with van der Waals surface area (Å²) < 4.78 is 5.63. The molecule has 13 heavy (non-hydrogen) atoms. The maximum absolute atomic E-state index is 5.30. The molecule has 0 bridgehead atoms. The lowest BCUT2D eigenvalue weighted by molar-refractivity contribution is 0.437. The SMILES string of the molecule is Nc1nc(-c2cccc(Br)c2)no1. The van der Waals surface area contributed by atoms with Crippen molar-refractivity contribution in [3.05, 3.63) is 28.7 Å². The zero-order valence-corrected chi connectivity index (χ0v) is 8.15. The van der Waals surface area contributed by atoms with Gasteiger partial charge in [-0.15, -0.1) is 0 Å². The van der Waals surface area contributed by atoms with Crippen molar-refractivity contribution in [3.8, 4) is 11.4 Å². The average molecular weight is 240 g/mol. The summed E-state index contributed by atoms with van der Waals surface area (Å²) in [6.07, 6.45) is 0. The van der Waals surface area contributed by atoms with E-state index in [1.165, 1.54) is 0 Å². The van der Waals surface area contributed by atoms with E-state index in [1.807, 2.05) is 24.3 Å². The van der Waals surface area contributed by atoms with Gasteiger partial charge in [0.25, 0.3) is 0 Å². The van der Waals surface area contributed by atoms with Gasteiger partial charge in [0, 0.05) is 10.0 Å². The van der Waals surface area contributed by atoms with Crippen molar-refractivity contribution >= 4 is 21.9 Å². The minimum atomic E-state index is 0.0787. The molecule has 0 amide bonds. The predicted octanol–water partition coefficient (Wildman–Crippen LogP) is 2.08. The Kier molecular flexibility index (Phi) is 2.02. The van der Waals surface area contributed by atoms with Gasteiger partial charge in [0.1, 0.15) is 0 Å². The number of nitrogens with zero attached hydrogens (tertiary/aromatic N) is 2. The van der Waals surface area contributed by atoms with Crippen LogP contribution in [-0.4, -0.2) is 10.1 Å². The molecular weight excluding hydrogens is 234 g/mol. The van der Waals surface area contributed by atoms with E-state index in [-0.39, 0.29) is 6.01 Å². The second kappa shape index (κ2) is 3.18. The number of hydrogen-bond acceptors (Lipinski definition) is 4. The highest BCUT2D eigenvalue weighted by Gasteiger charge is 2.05. The van der Waals surface area contributed by atoms with E-state index in [9.17, 15) is 0 Å². The van der Waals surface area contributed by atoms with Gasteiger partial charge in [0.2, 0.25) is 5.82 Å². The lowest BCUT2D eigenvalue weighted by Gasteiger charge is -1.93. The first-order valence-corrected chi connectivity index (χ1v) is 4.40. The number of rotatable bonds is 1. The lowest BCUT2D eigenvalue weighted by Crippen LogP contribution is -1.83. The molecule has 66 valence electrons. The first-order chi connectivity index (χ1) is 6.25. The Balaban J connectivity index is 2.46. The first kappa shape index (κ1) is 8.25. The highest BCUT2D eigenvalue weighted by molar-refractivity contribution is 9.10. The summed E-state index contributed by atoms with van der Waals surface area (Å²) in [4.78, 5) is 3.90. The fourth-order valence-corrected chi connectivity index (χ4v) is 1.38. The van der Waals surface area contributed by atoms with E-state index >= 15 is 0 Å². The Morgan fingerprint density at radius 2 is 2.23 bits per heavy atom. The molecule has 1 heterocycles. The first-order valence-electron chi connectivity index (χ1n) is 3.61. The number of halogens is 1. The van der Waals surface area contributed by atoms with Crippen molar-refractivity contribution in [3.63, 3.8) is 0 Å². The van der Waals surface area contributed by atoms with Crippen molar-refractivity contribution in [1.82, 2.24) is 10.1 Å². The molecule has 0 aliphatic rings. The Morgan fingerprint density at radius 1 is 1.38 bits per heavy atom. The van der Waals surface area contributed by atoms with Gasteiger partial charge in [-0.3, -0.25) is 0 Å². The van der Waals surface area contributed by atoms with Gasteiger partial charge in [-0.05, 0) is 12.1 Å². The summed E-state index contributed by atoms with van der Waals surface area (Å²) in [6.45, 7) is 0. The average Bonchev–Trinajstić information content (AvgIpc) is 2.52. The maximum atomic E-state index is 5.30. The van der Waals surface area contributed by atoms with E-state index in [1.54, 1.807) is 0 Å². The number of aromatic nitrogens is 2. The predicted molar refractivity (Wildman–Crippen MR) is 51.8 cm³/mol.